The molecule has 0 bridgehead atoms. The van der Waals surface area contributed by atoms with E-state index in [1.165, 1.54) is 29.8 Å². The average molecular weight is 389 g/mol. The molecule has 27 heavy (non-hydrogen) atoms. The number of amides is 1. The lowest BCUT2D eigenvalue weighted by Crippen LogP contribution is -2.35. The number of hydrogen-bond acceptors (Lipinski definition) is 6. The van der Waals surface area contributed by atoms with Gasteiger partial charge in [0.15, 0.2) is 6.61 Å². The molecule has 0 unspecified atom stereocenters. The molecule has 0 saturated carbocycles. The molecule has 0 aliphatic carbocycles. The van der Waals surface area contributed by atoms with Crippen LogP contribution in [0, 0.1) is 26.6 Å². The number of aryl methyl sites for hydroxylation is 3. The van der Waals surface area contributed by atoms with Gasteiger partial charge in [0, 0.05) is 4.88 Å². The zero-order chi connectivity index (χ0) is 19.7. The van der Waals surface area contributed by atoms with Crippen LogP contribution in [0.5, 0.6) is 0 Å². The standard InChI is InChI=1S/C18H16FN3O4S/c1-9-4-5-12(6-13(9)19)18(25)26-7-14(23)21-22-8-20-16-15(17(22)24)10(2)11(3)27-16/h4-6,8H,7H2,1-3H3,(H,21,23). The van der Waals surface area contributed by atoms with Crippen molar-refractivity contribution in [3.05, 3.63) is 62.3 Å². The van der Waals surface area contributed by atoms with Crippen molar-refractivity contribution in [2.75, 3.05) is 12.0 Å². The van der Waals surface area contributed by atoms with Crippen LogP contribution in [-0.2, 0) is 9.53 Å². The second-order valence-corrected chi connectivity index (χ2v) is 7.16. The minimum atomic E-state index is -0.839. The Morgan fingerprint density at radius 3 is 2.74 bits per heavy atom. The van der Waals surface area contributed by atoms with Crippen LogP contribution in [0.3, 0.4) is 0 Å². The van der Waals surface area contributed by atoms with Crippen molar-refractivity contribution < 1.29 is 18.7 Å². The number of aromatic nitrogens is 2. The minimum absolute atomic E-state index is 0.00414. The third-order valence-electron chi connectivity index (χ3n) is 4.08. The van der Waals surface area contributed by atoms with E-state index in [4.69, 9.17) is 4.74 Å². The Balaban J connectivity index is 1.69. The summed E-state index contributed by atoms with van der Waals surface area (Å²) in [5, 5.41) is 0.437. The van der Waals surface area contributed by atoms with Crippen LogP contribution in [0.4, 0.5) is 4.39 Å². The molecule has 1 amide bonds. The topological polar surface area (TPSA) is 90.3 Å². The van der Waals surface area contributed by atoms with E-state index in [0.717, 1.165) is 21.2 Å². The molecular formula is C18H16FN3O4S. The van der Waals surface area contributed by atoms with Gasteiger partial charge in [-0.3, -0.25) is 15.0 Å². The number of rotatable bonds is 4. The number of carbonyl (C=O) groups excluding carboxylic acids is 2. The van der Waals surface area contributed by atoms with Crippen LogP contribution >= 0.6 is 11.3 Å². The highest BCUT2D eigenvalue weighted by atomic mass is 32.1. The van der Waals surface area contributed by atoms with E-state index < -0.39 is 29.9 Å². The molecule has 0 radical (unpaired) electrons. The molecule has 3 rings (SSSR count). The minimum Gasteiger partial charge on any atom is -0.452 e. The lowest BCUT2D eigenvalue weighted by Gasteiger charge is -2.09. The number of nitrogens with one attached hydrogen (secondary N) is 1. The summed E-state index contributed by atoms with van der Waals surface area (Å²) in [5.41, 5.74) is 3.11. The molecule has 0 aliphatic heterocycles. The first kappa shape index (κ1) is 18.7. The Kier molecular flexibility index (Phi) is 5.04. The maximum atomic E-state index is 13.5. The first-order valence-electron chi connectivity index (χ1n) is 7.98. The molecule has 1 N–H and O–H groups in total. The Morgan fingerprint density at radius 1 is 1.30 bits per heavy atom. The van der Waals surface area contributed by atoms with Crippen LogP contribution in [0.15, 0.2) is 29.3 Å². The molecule has 9 heteroatoms. The van der Waals surface area contributed by atoms with E-state index in [-0.39, 0.29) is 5.56 Å². The quantitative estimate of drug-likeness (QED) is 0.692. The number of thiophene rings is 1. The number of benzene rings is 1. The van der Waals surface area contributed by atoms with Crippen molar-refractivity contribution in [2.45, 2.75) is 20.8 Å². The van der Waals surface area contributed by atoms with Crippen LogP contribution in [0.2, 0.25) is 0 Å². The maximum Gasteiger partial charge on any atom is 0.338 e. The fourth-order valence-electron chi connectivity index (χ4n) is 2.42. The Morgan fingerprint density at radius 2 is 2.04 bits per heavy atom. The summed E-state index contributed by atoms with van der Waals surface area (Å²) in [7, 11) is 0. The Hall–Kier alpha value is -3.07. The van der Waals surface area contributed by atoms with E-state index in [0.29, 0.717) is 15.8 Å². The van der Waals surface area contributed by atoms with Gasteiger partial charge < -0.3 is 4.74 Å². The molecule has 7 nitrogen and oxygen atoms in total. The van der Waals surface area contributed by atoms with Gasteiger partial charge in [-0.05, 0) is 44.0 Å². The highest BCUT2D eigenvalue weighted by Gasteiger charge is 2.15. The molecule has 3 aromatic rings. The smallest absolute Gasteiger partial charge is 0.338 e. The van der Waals surface area contributed by atoms with E-state index in [1.807, 2.05) is 13.8 Å². The van der Waals surface area contributed by atoms with Gasteiger partial charge in [0.2, 0.25) is 0 Å². The van der Waals surface area contributed by atoms with E-state index in [2.05, 4.69) is 10.4 Å². The van der Waals surface area contributed by atoms with Crippen LogP contribution in [-0.4, -0.2) is 28.1 Å². The van der Waals surface area contributed by atoms with Crippen LogP contribution < -0.4 is 11.0 Å². The number of nitrogens with zero attached hydrogens (tertiary/aromatic N) is 2. The number of ether oxygens (including phenoxy) is 1. The van der Waals surface area contributed by atoms with E-state index >= 15 is 0 Å². The molecule has 140 valence electrons. The second kappa shape index (κ2) is 7.28. The molecule has 0 aliphatic rings. The van der Waals surface area contributed by atoms with Gasteiger partial charge in [-0.25, -0.2) is 18.8 Å². The van der Waals surface area contributed by atoms with Crippen molar-refractivity contribution in [3.8, 4) is 0 Å². The molecule has 2 heterocycles. The summed E-state index contributed by atoms with van der Waals surface area (Å²) in [5.74, 6) is -2.10. The first-order chi connectivity index (χ1) is 12.8. The molecule has 0 saturated heterocycles. The highest BCUT2D eigenvalue weighted by Crippen LogP contribution is 2.25. The predicted octanol–water partition coefficient (Wildman–Crippen LogP) is 2.45. The maximum absolute atomic E-state index is 13.5. The molecular weight excluding hydrogens is 373 g/mol. The fraction of sp³-hybridized carbons (Fsp3) is 0.222. The number of carbonyl (C=O) groups is 2. The predicted molar refractivity (Wildman–Crippen MR) is 99.1 cm³/mol. The summed E-state index contributed by atoms with van der Waals surface area (Å²) < 4.78 is 19.3. The Bertz CT molecular complexity index is 1120. The van der Waals surface area contributed by atoms with Crippen molar-refractivity contribution in [1.29, 1.82) is 0 Å². The first-order valence-corrected chi connectivity index (χ1v) is 8.80. The fourth-order valence-corrected chi connectivity index (χ4v) is 3.40. The highest BCUT2D eigenvalue weighted by molar-refractivity contribution is 7.18. The third-order valence-corrected chi connectivity index (χ3v) is 5.19. The number of halogens is 1. The largest absolute Gasteiger partial charge is 0.452 e. The lowest BCUT2D eigenvalue weighted by atomic mass is 10.1. The zero-order valence-electron chi connectivity index (χ0n) is 14.8. The molecule has 0 atom stereocenters. The third kappa shape index (κ3) is 3.72. The SMILES string of the molecule is Cc1ccc(C(=O)OCC(=O)Nn2cnc3sc(C)c(C)c3c2=O)cc1F. The zero-order valence-corrected chi connectivity index (χ0v) is 15.6. The number of fused-ring (bicyclic) bond motifs is 1. The van der Waals surface area contributed by atoms with Gasteiger partial charge in [0.1, 0.15) is 17.0 Å². The Labute approximate surface area is 157 Å². The van der Waals surface area contributed by atoms with Gasteiger partial charge in [-0.1, -0.05) is 6.07 Å². The number of esters is 1. The summed E-state index contributed by atoms with van der Waals surface area (Å²) in [6.07, 6.45) is 1.20. The summed E-state index contributed by atoms with van der Waals surface area (Å²) in [6.45, 7) is 4.64. The van der Waals surface area contributed by atoms with Crippen molar-refractivity contribution in [3.63, 3.8) is 0 Å². The van der Waals surface area contributed by atoms with Gasteiger partial charge in [-0.2, -0.15) is 0 Å². The average Bonchev–Trinajstić information content (AvgIpc) is 2.92. The van der Waals surface area contributed by atoms with Gasteiger partial charge >= 0.3 is 5.97 Å². The van der Waals surface area contributed by atoms with Gasteiger partial charge in [0.25, 0.3) is 11.5 Å². The molecule has 1 aromatic carbocycles. The van der Waals surface area contributed by atoms with Crippen LogP contribution in [0.1, 0.15) is 26.4 Å². The van der Waals surface area contributed by atoms with E-state index in [1.54, 1.807) is 6.92 Å². The van der Waals surface area contributed by atoms with Crippen molar-refractivity contribution in [2.24, 2.45) is 0 Å². The molecule has 2 aromatic heterocycles. The number of hydrogen-bond donors (Lipinski definition) is 1. The van der Waals surface area contributed by atoms with Gasteiger partial charge in [-0.15, -0.1) is 11.3 Å². The van der Waals surface area contributed by atoms with Crippen molar-refractivity contribution in [1.82, 2.24) is 9.66 Å². The van der Waals surface area contributed by atoms with Crippen LogP contribution in [0.25, 0.3) is 10.2 Å². The summed E-state index contributed by atoms with van der Waals surface area (Å²) >= 11 is 1.40. The second-order valence-electron chi connectivity index (χ2n) is 5.96. The molecule has 0 fully saturated rings. The lowest BCUT2D eigenvalue weighted by molar-refractivity contribution is -0.120. The monoisotopic (exact) mass is 389 g/mol. The summed E-state index contributed by atoms with van der Waals surface area (Å²) in [4.78, 5) is 42.1. The van der Waals surface area contributed by atoms with E-state index in [9.17, 15) is 18.8 Å². The summed E-state index contributed by atoms with van der Waals surface area (Å²) in [6, 6.07) is 3.89. The van der Waals surface area contributed by atoms with Gasteiger partial charge in [0.05, 0.1) is 10.9 Å². The van der Waals surface area contributed by atoms with Crippen molar-refractivity contribution >= 4 is 33.4 Å². The normalized spacial score (nSPS) is 10.8. The molecule has 0 spiro atoms.